The van der Waals surface area contributed by atoms with Crippen molar-refractivity contribution in [2.75, 3.05) is 0 Å². The SMILES string of the molecule is Cc1ccc(C(Cl)Cn2ncc3c(Cl)ncnc32)cc1. The molecule has 0 spiro atoms. The molecule has 3 rings (SSSR count). The van der Waals surface area contributed by atoms with E-state index in [0.29, 0.717) is 17.3 Å². The van der Waals surface area contributed by atoms with Crippen molar-refractivity contribution in [3.63, 3.8) is 0 Å². The van der Waals surface area contributed by atoms with E-state index in [9.17, 15) is 0 Å². The Morgan fingerprint density at radius 3 is 2.70 bits per heavy atom. The van der Waals surface area contributed by atoms with Crippen molar-refractivity contribution >= 4 is 34.2 Å². The van der Waals surface area contributed by atoms with Gasteiger partial charge >= 0.3 is 0 Å². The molecule has 0 saturated carbocycles. The zero-order chi connectivity index (χ0) is 14.1. The molecule has 0 aliphatic carbocycles. The van der Waals surface area contributed by atoms with E-state index in [2.05, 4.69) is 15.1 Å². The summed E-state index contributed by atoms with van der Waals surface area (Å²) < 4.78 is 1.75. The number of rotatable bonds is 3. The number of hydrogen-bond acceptors (Lipinski definition) is 3. The Kier molecular flexibility index (Phi) is 3.59. The molecule has 0 saturated heterocycles. The monoisotopic (exact) mass is 306 g/mol. The zero-order valence-electron chi connectivity index (χ0n) is 10.8. The first kappa shape index (κ1) is 13.3. The highest BCUT2D eigenvalue weighted by Crippen LogP contribution is 2.25. The van der Waals surface area contributed by atoms with Gasteiger partial charge in [0.05, 0.1) is 23.5 Å². The molecule has 1 aromatic carbocycles. The Balaban J connectivity index is 1.89. The van der Waals surface area contributed by atoms with Crippen molar-refractivity contribution in [3.05, 3.63) is 53.1 Å². The quantitative estimate of drug-likeness (QED) is 0.546. The molecule has 1 unspecified atom stereocenters. The van der Waals surface area contributed by atoms with E-state index in [1.54, 1.807) is 10.9 Å². The molecule has 2 aromatic heterocycles. The summed E-state index contributed by atoms with van der Waals surface area (Å²) in [7, 11) is 0. The highest BCUT2D eigenvalue weighted by Gasteiger charge is 2.13. The van der Waals surface area contributed by atoms with Crippen LogP contribution in [0.1, 0.15) is 16.5 Å². The molecule has 0 aliphatic heterocycles. The van der Waals surface area contributed by atoms with Crippen molar-refractivity contribution in [2.24, 2.45) is 0 Å². The minimum absolute atomic E-state index is 0.174. The second-order valence-corrected chi connectivity index (χ2v) is 5.49. The first-order valence-corrected chi connectivity index (χ1v) is 6.99. The van der Waals surface area contributed by atoms with Crippen LogP contribution in [0.2, 0.25) is 5.15 Å². The predicted molar refractivity (Wildman–Crippen MR) is 80.1 cm³/mol. The number of fused-ring (bicyclic) bond motifs is 1. The number of benzene rings is 1. The van der Waals surface area contributed by atoms with E-state index in [0.717, 1.165) is 10.9 Å². The normalized spacial score (nSPS) is 12.8. The Labute approximate surface area is 126 Å². The van der Waals surface area contributed by atoms with Crippen molar-refractivity contribution < 1.29 is 0 Å². The van der Waals surface area contributed by atoms with Gasteiger partial charge in [0, 0.05) is 0 Å². The topological polar surface area (TPSA) is 43.6 Å². The van der Waals surface area contributed by atoms with Gasteiger partial charge in [-0.05, 0) is 12.5 Å². The van der Waals surface area contributed by atoms with Gasteiger partial charge in [0.1, 0.15) is 11.5 Å². The molecule has 0 radical (unpaired) electrons. The van der Waals surface area contributed by atoms with Crippen LogP contribution in [0.25, 0.3) is 11.0 Å². The summed E-state index contributed by atoms with van der Waals surface area (Å²) in [5.41, 5.74) is 2.96. The average molecular weight is 307 g/mol. The summed E-state index contributed by atoms with van der Waals surface area (Å²) in [6, 6.07) is 8.15. The van der Waals surface area contributed by atoms with E-state index < -0.39 is 0 Å². The highest BCUT2D eigenvalue weighted by atomic mass is 35.5. The lowest BCUT2D eigenvalue weighted by atomic mass is 10.1. The first-order valence-electron chi connectivity index (χ1n) is 6.18. The molecule has 2 heterocycles. The lowest BCUT2D eigenvalue weighted by molar-refractivity contribution is 0.615. The van der Waals surface area contributed by atoms with Crippen LogP contribution in [0.3, 0.4) is 0 Å². The van der Waals surface area contributed by atoms with E-state index in [-0.39, 0.29) is 5.38 Å². The highest BCUT2D eigenvalue weighted by molar-refractivity contribution is 6.33. The van der Waals surface area contributed by atoms with E-state index in [1.807, 2.05) is 31.2 Å². The van der Waals surface area contributed by atoms with Gasteiger partial charge in [-0.1, -0.05) is 41.4 Å². The molecule has 20 heavy (non-hydrogen) atoms. The largest absolute Gasteiger partial charge is 0.245 e. The average Bonchev–Trinajstić information content (AvgIpc) is 2.84. The van der Waals surface area contributed by atoms with Crippen LogP contribution in [-0.2, 0) is 6.54 Å². The van der Waals surface area contributed by atoms with Gasteiger partial charge in [-0.2, -0.15) is 5.10 Å². The number of hydrogen-bond donors (Lipinski definition) is 0. The molecule has 1 atom stereocenters. The summed E-state index contributed by atoms with van der Waals surface area (Å²) in [5.74, 6) is 0. The Hall–Kier alpha value is -1.65. The third-order valence-electron chi connectivity index (χ3n) is 3.16. The maximum absolute atomic E-state index is 6.45. The van der Waals surface area contributed by atoms with Crippen LogP contribution in [0.4, 0.5) is 0 Å². The lowest BCUT2D eigenvalue weighted by Gasteiger charge is -2.10. The fourth-order valence-electron chi connectivity index (χ4n) is 2.03. The van der Waals surface area contributed by atoms with Gasteiger partial charge in [0.2, 0.25) is 0 Å². The van der Waals surface area contributed by atoms with Crippen LogP contribution in [0.15, 0.2) is 36.8 Å². The molecular formula is C14H12Cl2N4. The Bertz CT molecular complexity index is 737. The van der Waals surface area contributed by atoms with Gasteiger partial charge in [-0.25, -0.2) is 14.6 Å². The van der Waals surface area contributed by atoms with Crippen molar-refractivity contribution in [1.82, 2.24) is 19.7 Å². The summed E-state index contributed by atoms with van der Waals surface area (Å²) in [6.45, 7) is 2.58. The van der Waals surface area contributed by atoms with E-state index in [4.69, 9.17) is 23.2 Å². The summed E-state index contributed by atoms with van der Waals surface area (Å²) in [5, 5.41) is 5.25. The number of alkyl halides is 1. The third-order valence-corrected chi connectivity index (χ3v) is 3.85. The molecular weight excluding hydrogens is 295 g/mol. The number of aromatic nitrogens is 4. The maximum Gasteiger partial charge on any atom is 0.162 e. The van der Waals surface area contributed by atoms with Gasteiger partial charge < -0.3 is 0 Å². The summed E-state index contributed by atoms with van der Waals surface area (Å²) in [4.78, 5) is 8.14. The zero-order valence-corrected chi connectivity index (χ0v) is 12.3. The smallest absolute Gasteiger partial charge is 0.162 e. The first-order chi connectivity index (χ1) is 9.65. The number of nitrogens with zero attached hydrogens (tertiary/aromatic N) is 4. The molecule has 0 bridgehead atoms. The molecule has 102 valence electrons. The molecule has 6 heteroatoms. The fraction of sp³-hybridized carbons (Fsp3) is 0.214. The van der Waals surface area contributed by atoms with Crippen molar-refractivity contribution in [2.45, 2.75) is 18.8 Å². The fourth-order valence-corrected chi connectivity index (χ4v) is 2.48. The number of halogens is 2. The van der Waals surface area contributed by atoms with Crippen molar-refractivity contribution in [1.29, 1.82) is 0 Å². The van der Waals surface area contributed by atoms with Crippen LogP contribution in [-0.4, -0.2) is 19.7 Å². The summed E-state index contributed by atoms with van der Waals surface area (Å²) in [6.07, 6.45) is 3.09. The lowest BCUT2D eigenvalue weighted by Crippen LogP contribution is -2.06. The van der Waals surface area contributed by atoms with Gasteiger partial charge in [0.25, 0.3) is 0 Å². The van der Waals surface area contributed by atoms with Gasteiger partial charge in [0.15, 0.2) is 5.65 Å². The van der Waals surface area contributed by atoms with Crippen LogP contribution < -0.4 is 0 Å². The second-order valence-electron chi connectivity index (χ2n) is 4.61. The molecule has 4 nitrogen and oxygen atoms in total. The molecule has 0 fully saturated rings. The van der Waals surface area contributed by atoms with Gasteiger partial charge in [-0.15, -0.1) is 11.6 Å². The van der Waals surface area contributed by atoms with Crippen LogP contribution in [0, 0.1) is 6.92 Å². The molecule has 0 aliphatic rings. The Morgan fingerprint density at radius 1 is 1.20 bits per heavy atom. The number of aryl methyl sites for hydroxylation is 1. The molecule has 0 N–H and O–H groups in total. The minimum Gasteiger partial charge on any atom is -0.245 e. The van der Waals surface area contributed by atoms with E-state index in [1.165, 1.54) is 11.9 Å². The Morgan fingerprint density at radius 2 is 1.95 bits per heavy atom. The predicted octanol–water partition coefficient (Wildman–Crippen LogP) is 3.77. The second kappa shape index (κ2) is 5.38. The van der Waals surface area contributed by atoms with Gasteiger partial charge in [-0.3, -0.25) is 0 Å². The third kappa shape index (κ3) is 2.49. The molecule has 3 aromatic rings. The van der Waals surface area contributed by atoms with Crippen molar-refractivity contribution in [3.8, 4) is 0 Å². The molecule has 0 amide bonds. The standard InChI is InChI=1S/C14H12Cl2N4/c1-9-2-4-10(5-3-9)12(15)7-20-14-11(6-19-20)13(16)17-8-18-14/h2-6,8,12H,7H2,1H3. The van der Waals surface area contributed by atoms with E-state index >= 15 is 0 Å². The maximum atomic E-state index is 6.45. The summed E-state index contributed by atoms with van der Waals surface area (Å²) >= 11 is 12.5. The minimum atomic E-state index is -0.174. The van der Waals surface area contributed by atoms with Crippen LogP contribution in [0.5, 0.6) is 0 Å². The van der Waals surface area contributed by atoms with Crippen LogP contribution >= 0.6 is 23.2 Å².